The summed E-state index contributed by atoms with van der Waals surface area (Å²) in [4.78, 5) is 26.2. The molecule has 0 saturated heterocycles. The van der Waals surface area contributed by atoms with Crippen LogP contribution in [0.3, 0.4) is 0 Å². The Morgan fingerprint density at radius 1 is 1.16 bits per heavy atom. The van der Waals surface area contributed by atoms with Gasteiger partial charge in [0.05, 0.1) is 29.9 Å². The fourth-order valence-corrected chi connectivity index (χ4v) is 3.46. The maximum atomic E-state index is 13.0. The Morgan fingerprint density at radius 2 is 1.90 bits per heavy atom. The van der Waals surface area contributed by atoms with Crippen molar-refractivity contribution in [2.24, 2.45) is 5.73 Å². The summed E-state index contributed by atoms with van der Waals surface area (Å²) in [5, 5.41) is 3.92. The van der Waals surface area contributed by atoms with Gasteiger partial charge in [0.1, 0.15) is 23.9 Å². The van der Waals surface area contributed by atoms with Crippen molar-refractivity contribution in [3.8, 4) is 11.5 Å². The third-order valence-corrected chi connectivity index (χ3v) is 5.24. The second-order valence-electron chi connectivity index (χ2n) is 7.39. The average Bonchev–Trinajstić information content (AvgIpc) is 3.09. The van der Waals surface area contributed by atoms with Gasteiger partial charge in [-0.1, -0.05) is 29.4 Å². The van der Waals surface area contributed by atoms with Crippen molar-refractivity contribution in [3.05, 3.63) is 71.1 Å². The minimum atomic E-state index is -0.876. The molecule has 160 valence electrons. The van der Waals surface area contributed by atoms with Gasteiger partial charge in [0.15, 0.2) is 6.10 Å². The third kappa shape index (κ3) is 4.37. The van der Waals surface area contributed by atoms with Crippen LogP contribution in [0, 0.1) is 13.8 Å². The molecular weight excluding hydrogens is 398 g/mol. The molecule has 8 nitrogen and oxygen atoms in total. The number of nitrogens with zero attached hydrogens (tertiary/aromatic N) is 2. The molecule has 8 heteroatoms. The number of carbonyl (C=O) groups excluding carboxylic acids is 2. The minimum absolute atomic E-state index is 0.0871. The van der Waals surface area contributed by atoms with Crippen molar-refractivity contribution in [1.29, 1.82) is 0 Å². The first-order chi connectivity index (χ1) is 14.9. The summed E-state index contributed by atoms with van der Waals surface area (Å²) in [6, 6.07) is 14.4. The molecular formula is C23H23N3O5. The molecule has 1 aliphatic rings. The highest BCUT2D eigenvalue weighted by molar-refractivity contribution is 5.98. The maximum Gasteiger partial charge on any atom is 0.260 e. The molecule has 0 fully saturated rings. The van der Waals surface area contributed by atoms with Crippen LogP contribution in [0.2, 0.25) is 0 Å². The predicted octanol–water partition coefficient (Wildman–Crippen LogP) is 2.69. The van der Waals surface area contributed by atoms with Crippen LogP contribution in [0.25, 0.3) is 0 Å². The van der Waals surface area contributed by atoms with Crippen LogP contribution >= 0.6 is 0 Å². The Bertz CT molecular complexity index is 1090. The van der Waals surface area contributed by atoms with Gasteiger partial charge in [0.25, 0.3) is 5.91 Å². The molecule has 2 aromatic carbocycles. The van der Waals surface area contributed by atoms with E-state index in [9.17, 15) is 9.59 Å². The lowest BCUT2D eigenvalue weighted by Gasteiger charge is -2.33. The fraction of sp³-hybridized carbons (Fsp3) is 0.261. The molecule has 1 atom stereocenters. The van der Waals surface area contributed by atoms with Gasteiger partial charge in [0, 0.05) is 0 Å². The van der Waals surface area contributed by atoms with Crippen molar-refractivity contribution >= 4 is 17.5 Å². The van der Waals surface area contributed by atoms with Gasteiger partial charge in [-0.05, 0) is 43.7 Å². The molecule has 2 N–H and O–H groups in total. The van der Waals surface area contributed by atoms with Crippen LogP contribution in [0.4, 0.5) is 5.69 Å². The first-order valence-electron chi connectivity index (χ1n) is 9.91. The SMILES string of the molecule is Cc1noc(C)c1COc1ccc(CC(=O)N2C[C@H](C(N)=O)Oc3ccccc32)cc1. The first-order valence-corrected chi connectivity index (χ1v) is 9.91. The molecule has 3 aromatic rings. The molecule has 2 heterocycles. The number of nitrogens with two attached hydrogens (primary N) is 1. The molecule has 0 bridgehead atoms. The maximum absolute atomic E-state index is 13.0. The Labute approximate surface area is 179 Å². The fourth-order valence-electron chi connectivity index (χ4n) is 3.46. The highest BCUT2D eigenvalue weighted by Crippen LogP contribution is 2.33. The van der Waals surface area contributed by atoms with E-state index in [1.54, 1.807) is 23.1 Å². The summed E-state index contributed by atoms with van der Waals surface area (Å²) in [6.07, 6.45) is -0.705. The summed E-state index contributed by atoms with van der Waals surface area (Å²) in [7, 11) is 0. The quantitative estimate of drug-likeness (QED) is 0.656. The van der Waals surface area contributed by atoms with E-state index < -0.39 is 12.0 Å². The first kappa shape index (κ1) is 20.5. The highest BCUT2D eigenvalue weighted by atomic mass is 16.5. The number of aryl methyl sites for hydroxylation is 2. The molecule has 31 heavy (non-hydrogen) atoms. The molecule has 0 spiro atoms. The van der Waals surface area contributed by atoms with Crippen LogP contribution in [-0.2, 0) is 22.6 Å². The Kier molecular flexibility index (Phi) is 5.62. The van der Waals surface area contributed by atoms with E-state index in [-0.39, 0.29) is 18.9 Å². The molecule has 0 radical (unpaired) electrons. The van der Waals surface area contributed by atoms with E-state index in [1.165, 1.54) is 0 Å². The zero-order valence-corrected chi connectivity index (χ0v) is 17.3. The van der Waals surface area contributed by atoms with Crippen molar-refractivity contribution in [1.82, 2.24) is 5.16 Å². The lowest BCUT2D eigenvalue weighted by Crippen LogP contribution is -2.49. The number of anilines is 1. The number of amides is 2. The zero-order valence-electron chi connectivity index (χ0n) is 17.3. The minimum Gasteiger partial charge on any atom is -0.489 e. The van der Waals surface area contributed by atoms with Crippen molar-refractivity contribution in [2.75, 3.05) is 11.4 Å². The number of hydrogen-bond donors (Lipinski definition) is 1. The Morgan fingerprint density at radius 3 is 2.58 bits per heavy atom. The smallest absolute Gasteiger partial charge is 0.260 e. The number of carbonyl (C=O) groups is 2. The number of benzene rings is 2. The average molecular weight is 421 g/mol. The molecule has 0 unspecified atom stereocenters. The molecule has 1 aliphatic heterocycles. The van der Waals surface area contributed by atoms with E-state index in [1.807, 2.05) is 44.2 Å². The third-order valence-electron chi connectivity index (χ3n) is 5.24. The lowest BCUT2D eigenvalue weighted by atomic mass is 10.1. The van der Waals surface area contributed by atoms with Gasteiger partial charge in [-0.25, -0.2) is 0 Å². The van der Waals surface area contributed by atoms with Gasteiger partial charge < -0.3 is 24.6 Å². The van der Waals surface area contributed by atoms with Crippen LogP contribution in [0.5, 0.6) is 11.5 Å². The highest BCUT2D eigenvalue weighted by Gasteiger charge is 2.32. The van der Waals surface area contributed by atoms with Gasteiger partial charge in [-0.3, -0.25) is 9.59 Å². The monoisotopic (exact) mass is 421 g/mol. The van der Waals surface area contributed by atoms with E-state index in [2.05, 4.69) is 5.16 Å². The topological polar surface area (TPSA) is 108 Å². The van der Waals surface area contributed by atoms with Crippen molar-refractivity contribution in [3.63, 3.8) is 0 Å². The number of para-hydroxylation sites is 2. The van der Waals surface area contributed by atoms with Gasteiger partial charge >= 0.3 is 0 Å². The number of hydrogen-bond acceptors (Lipinski definition) is 6. The summed E-state index contributed by atoms with van der Waals surface area (Å²) in [6.45, 7) is 4.17. The molecule has 0 saturated carbocycles. The normalized spacial score (nSPS) is 15.2. The molecule has 1 aromatic heterocycles. The van der Waals surface area contributed by atoms with Crippen LogP contribution < -0.4 is 20.1 Å². The zero-order chi connectivity index (χ0) is 22.0. The second kappa shape index (κ2) is 8.51. The molecule has 0 aliphatic carbocycles. The molecule has 2 amide bonds. The summed E-state index contributed by atoms with van der Waals surface area (Å²) in [5.41, 5.74) is 8.60. The number of rotatable bonds is 6. The Hall–Kier alpha value is -3.81. The summed E-state index contributed by atoms with van der Waals surface area (Å²) >= 11 is 0. The lowest BCUT2D eigenvalue weighted by molar-refractivity contribution is -0.125. The van der Waals surface area contributed by atoms with E-state index in [0.29, 0.717) is 23.8 Å². The summed E-state index contributed by atoms with van der Waals surface area (Å²) in [5.74, 6) is 1.13. The standard InChI is InChI=1S/C23H23N3O5/c1-14-18(15(2)31-25-14)13-29-17-9-7-16(8-10-17)11-22(27)26-12-21(23(24)28)30-20-6-4-3-5-19(20)26/h3-10,21H,11-13H2,1-2H3,(H2,24,28)/t21-/m1/s1. The number of primary amides is 1. The van der Waals surface area contributed by atoms with E-state index in [0.717, 1.165) is 22.6 Å². The van der Waals surface area contributed by atoms with E-state index >= 15 is 0 Å². The number of aromatic nitrogens is 1. The number of ether oxygens (including phenoxy) is 2. The van der Waals surface area contributed by atoms with Crippen LogP contribution in [-0.4, -0.2) is 29.6 Å². The molecule has 4 rings (SSSR count). The Balaban J connectivity index is 1.43. The largest absolute Gasteiger partial charge is 0.489 e. The van der Waals surface area contributed by atoms with Gasteiger partial charge in [-0.15, -0.1) is 0 Å². The van der Waals surface area contributed by atoms with Gasteiger partial charge in [0.2, 0.25) is 5.91 Å². The predicted molar refractivity (Wildman–Crippen MR) is 113 cm³/mol. The second-order valence-corrected chi connectivity index (χ2v) is 7.39. The van der Waals surface area contributed by atoms with Crippen molar-refractivity contribution in [2.45, 2.75) is 33.0 Å². The van der Waals surface area contributed by atoms with Crippen molar-refractivity contribution < 1.29 is 23.6 Å². The summed E-state index contributed by atoms with van der Waals surface area (Å²) < 4.78 is 16.6. The number of fused-ring (bicyclic) bond motifs is 1. The van der Waals surface area contributed by atoms with Gasteiger partial charge in [-0.2, -0.15) is 0 Å². The van der Waals surface area contributed by atoms with E-state index in [4.69, 9.17) is 19.7 Å². The van der Waals surface area contributed by atoms with Crippen LogP contribution in [0.15, 0.2) is 53.1 Å². The van der Waals surface area contributed by atoms with Crippen LogP contribution in [0.1, 0.15) is 22.6 Å².